The van der Waals surface area contributed by atoms with Crippen molar-refractivity contribution in [1.82, 2.24) is 19.6 Å². The molecule has 0 fully saturated rings. The molecule has 4 heterocycles. The Morgan fingerprint density at radius 2 is 1.10 bits per heavy atom. The van der Waals surface area contributed by atoms with Crippen LogP contribution in [0.25, 0.3) is 0 Å². The van der Waals surface area contributed by atoms with Gasteiger partial charge in [0.15, 0.2) is 0 Å². The molecule has 2 aliphatic heterocycles. The Morgan fingerprint density at radius 3 is 1.52 bits per heavy atom. The van der Waals surface area contributed by atoms with Crippen molar-refractivity contribution >= 4 is 34.8 Å². The zero-order valence-electron chi connectivity index (χ0n) is 27.8. The maximum absolute atomic E-state index is 13.2. The number of carbonyl (C=O) groups is 2. The lowest BCUT2D eigenvalue weighted by atomic mass is 9.88. The fraction of sp³-hybridized carbons (Fsp3) is 0.444. The summed E-state index contributed by atoms with van der Waals surface area (Å²) in [6.07, 6.45) is 6.29. The third kappa shape index (κ3) is 5.62. The summed E-state index contributed by atoms with van der Waals surface area (Å²) in [6, 6.07) is 12.4. The van der Waals surface area contributed by atoms with Gasteiger partial charge in [-0.1, -0.05) is 36.4 Å². The molecule has 252 valence electrons. The minimum Gasteiger partial charge on any atom is -0.385 e. The van der Waals surface area contributed by atoms with Gasteiger partial charge in [0, 0.05) is 47.7 Å². The third-order valence-corrected chi connectivity index (χ3v) is 10.5. The molecule has 0 bridgehead atoms. The Morgan fingerprint density at radius 1 is 0.688 bits per heavy atom. The van der Waals surface area contributed by atoms with E-state index in [4.69, 9.17) is 22.9 Å². The Kier molecular flexibility index (Phi) is 8.46. The summed E-state index contributed by atoms with van der Waals surface area (Å²) in [6.45, 7) is 5.67. The molecule has 4 aliphatic rings. The average Bonchev–Trinajstić information content (AvgIpc) is 3.59. The molecule has 0 radical (unpaired) electrons. The molecule has 0 spiro atoms. The Balaban J connectivity index is 0.000000152. The monoisotopic (exact) mass is 650 g/mol. The van der Waals surface area contributed by atoms with Crippen LogP contribution >= 0.6 is 0 Å². The van der Waals surface area contributed by atoms with Gasteiger partial charge in [0.2, 0.25) is 0 Å². The van der Waals surface area contributed by atoms with Crippen LogP contribution in [0.4, 0.5) is 23.0 Å². The number of benzene rings is 2. The molecule has 10 N–H and O–H groups in total. The highest BCUT2D eigenvalue weighted by atomic mass is 16.2. The molecule has 0 saturated heterocycles. The molecule has 0 saturated carbocycles. The normalized spacial score (nSPS) is 22.4. The summed E-state index contributed by atoms with van der Waals surface area (Å²) < 4.78 is 2.84. The zero-order valence-corrected chi connectivity index (χ0v) is 27.8. The first-order valence-electron chi connectivity index (χ1n) is 17.1. The van der Waals surface area contributed by atoms with E-state index in [1.807, 2.05) is 24.3 Å². The van der Waals surface area contributed by atoms with Gasteiger partial charge in [-0.15, -0.1) is 0 Å². The lowest BCUT2D eigenvalue weighted by molar-refractivity contribution is 0.0851. The number of rotatable bonds is 2. The maximum Gasteiger partial charge on any atom is 0.256 e. The summed E-state index contributed by atoms with van der Waals surface area (Å²) >= 11 is 0. The molecule has 4 aromatic rings. The Hall–Kier alpha value is -4.68. The number of anilines is 4. The molecule has 12 heteroatoms. The predicted octanol–water partition coefficient (Wildman–Crippen LogP) is 3.66. The highest BCUT2D eigenvalue weighted by Gasteiger charge is 2.34. The second-order valence-corrected chi connectivity index (χ2v) is 13.7. The molecule has 0 unspecified atom stereocenters. The fourth-order valence-electron chi connectivity index (χ4n) is 7.82. The van der Waals surface area contributed by atoms with Gasteiger partial charge in [0.25, 0.3) is 11.8 Å². The number of para-hydroxylation sites is 2. The standard InChI is InChI=1S/2C18H23N5O/c2*1-10-3-2-4-12-13(7-8-21-16(10)12)18(24)23-17(20)14-9-11(19)5-6-15(14)22-23/h2*2-4,11,13,21H,5-9,19-20H2,1H3/t11-,13+;11-,13-/m00/s1. The molecule has 8 rings (SSSR count). The quantitative estimate of drug-likeness (QED) is 0.186. The van der Waals surface area contributed by atoms with Gasteiger partial charge in [0.1, 0.15) is 11.6 Å². The highest BCUT2D eigenvalue weighted by Crippen LogP contribution is 2.37. The molecule has 12 nitrogen and oxygen atoms in total. The van der Waals surface area contributed by atoms with Crippen LogP contribution in [0.1, 0.15) is 91.9 Å². The van der Waals surface area contributed by atoms with Crippen LogP contribution in [-0.4, -0.2) is 56.5 Å². The smallest absolute Gasteiger partial charge is 0.256 e. The number of aromatic nitrogens is 4. The van der Waals surface area contributed by atoms with Gasteiger partial charge in [-0.05, 0) is 87.5 Å². The van der Waals surface area contributed by atoms with Crippen LogP contribution in [0, 0.1) is 13.8 Å². The number of aryl methyl sites for hydroxylation is 4. The largest absolute Gasteiger partial charge is 0.385 e. The second kappa shape index (κ2) is 12.7. The summed E-state index contributed by atoms with van der Waals surface area (Å²) in [4.78, 5) is 26.3. The van der Waals surface area contributed by atoms with E-state index in [0.29, 0.717) is 24.5 Å². The minimum absolute atomic E-state index is 0.0381. The van der Waals surface area contributed by atoms with Crippen LogP contribution in [0.2, 0.25) is 0 Å². The maximum atomic E-state index is 13.2. The van der Waals surface area contributed by atoms with Crippen LogP contribution in [0.5, 0.6) is 0 Å². The first-order valence-corrected chi connectivity index (χ1v) is 17.1. The van der Waals surface area contributed by atoms with Crippen molar-refractivity contribution in [2.24, 2.45) is 11.5 Å². The van der Waals surface area contributed by atoms with Crippen molar-refractivity contribution in [3.05, 3.63) is 81.2 Å². The van der Waals surface area contributed by atoms with Crippen molar-refractivity contribution in [1.29, 1.82) is 0 Å². The molecular formula is C36H46N10O2. The zero-order chi connectivity index (χ0) is 33.7. The highest BCUT2D eigenvalue weighted by molar-refractivity contribution is 5.91. The van der Waals surface area contributed by atoms with E-state index in [2.05, 4.69) is 46.8 Å². The number of hydrogen-bond donors (Lipinski definition) is 6. The van der Waals surface area contributed by atoms with Crippen LogP contribution in [0.3, 0.4) is 0 Å². The van der Waals surface area contributed by atoms with Crippen molar-refractivity contribution < 1.29 is 9.59 Å². The molecule has 2 aromatic heterocycles. The predicted molar refractivity (Wildman–Crippen MR) is 189 cm³/mol. The molecule has 0 amide bonds. The Labute approximate surface area is 280 Å². The van der Waals surface area contributed by atoms with E-state index in [1.54, 1.807) is 0 Å². The van der Waals surface area contributed by atoms with E-state index in [0.717, 1.165) is 108 Å². The number of carbonyl (C=O) groups excluding carboxylic acids is 2. The van der Waals surface area contributed by atoms with Crippen LogP contribution in [0.15, 0.2) is 36.4 Å². The van der Waals surface area contributed by atoms with Crippen molar-refractivity contribution in [3.8, 4) is 0 Å². The molecule has 48 heavy (non-hydrogen) atoms. The van der Waals surface area contributed by atoms with Gasteiger partial charge in [-0.2, -0.15) is 19.6 Å². The summed E-state index contributed by atoms with van der Waals surface area (Å²) in [5, 5.41) is 15.9. The number of nitrogens with zero attached hydrogens (tertiary/aromatic N) is 4. The molecule has 4 atom stereocenters. The van der Waals surface area contributed by atoms with Gasteiger partial charge >= 0.3 is 0 Å². The van der Waals surface area contributed by atoms with Crippen LogP contribution in [-0.2, 0) is 25.7 Å². The van der Waals surface area contributed by atoms with Gasteiger partial charge in [-0.3, -0.25) is 9.59 Å². The summed E-state index contributed by atoms with van der Waals surface area (Å²) in [5.74, 6) is 0.445. The van der Waals surface area contributed by atoms with E-state index in [9.17, 15) is 9.59 Å². The summed E-state index contributed by atoms with van der Waals surface area (Å²) in [7, 11) is 0. The minimum atomic E-state index is -0.210. The van der Waals surface area contributed by atoms with Gasteiger partial charge in [0.05, 0.1) is 23.2 Å². The topological polar surface area (TPSA) is 198 Å². The van der Waals surface area contributed by atoms with E-state index >= 15 is 0 Å². The van der Waals surface area contributed by atoms with Crippen molar-refractivity contribution in [2.45, 2.75) is 89.1 Å². The first-order chi connectivity index (χ1) is 23.1. The number of nitrogens with two attached hydrogens (primary N) is 4. The third-order valence-electron chi connectivity index (χ3n) is 10.5. The lowest BCUT2D eigenvalue weighted by Crippen LogP contribution is -2.29. The van der Waals surface area contributed by atoms with E-state index in [1.165, 1.54) is 9.36 Å². The number of nitrogen functional groups attached to an aromatic ring is 2. The first kappa shape index (κ1) is 31.9. The van der Waals surface area contributed by atoms with E-state index < -0.39 is 0 Å². The number of hydrogen-bond acceptors (Lipinski definition) is 10. The second-order valence-electron chi connectivity index (χ2n) is 13.7. The fourth-order valence-corrected chi connectivity index (χ4v) is 7.82. The van der Waals surface area contributed by atoms with Gasteiger partial charge in [-0.25, -0.2) is 0 Å². The lowest BCUT2D eigenvalue weighted by Gasteiger charge is -2.27. The number of fused-ring (bicyclic) bond motifs is 4. The van der Waals surface area contributed by atoms with Crippen molar-refractivity contribution in [2.75, 3.05) is 35.2 Å². The molecule has 2 aliphatic carbocycles. The molecule has 2 aromatic carbocycles. The molecular weight excluding hydrogens is 604 g/mol. The number of nitrogens with one attached hydrogen (secondary N) is 2. The Bertz CT molecular complexity index is 1760. The van der Waals surface area contributed by atoms with Crippen LogP contribution < -0.4 is 33.6 Å². The van der Waals surface area contributed by atoms with Gasteiger partial charge < -0.3 is 33.6 Å². The summed E-state index contributed by atoms with van der Waals surface area (Å²) in [5.41, 5.74) is 34.9. The average molecular weight is 651 g/mol. The van der Waals surface area contributed by atoms with Crippen molar-refractivity contribution in [3.63, 3.8) is 0 Å². The SMILES string of the molecule is Cc1cccc2c1NCC[C@@H]2C(=O)n1nc2c(c1N)C[C@@H](N)CC2.Cc1cccc2c1NCC[C@H]2C(=O)n1nc2c(c1N)C[C@@H](N)CC2. The van der Waals surface area contributed by atoms with E-state index in [-0.39, 0.29) is 35.7 Å².